The predicted molar refractivity (Wildman–Crippen MR) is 99.4 cm³/mol. The summed E-state index contributed by atoms with van der Waals surface area (Å²) in [5.74, 6) is 0.770. The smallest absolute Gasteiger partial charge is 0.211 e. The second-order valence-electron chi connectivity index (χ2n) is 7.48. The van der Waals surface area contributed by atoms with E-state index in [1.54, 1.807) is 6.07 Å². The van der Waals surface area contributed by atoms with E-state index in [9.17, 15) is 12.8 Å². The average Bonchev–Trinajstić information content (AvgIpc) is 3.23. The number of halogens is 1. The van der Waals surface area contributed by atoms with Crippen LogP contribution in [0.5, 0.6) is 0 Å². The lowest BCUT2D eigenvalue weighted by Crippen LogP contribution is -2.37. The van der Waals surface area contributed by atoms with Gasteiger partial charge in [-0.05, 0) is 37.8 Å². The van der Waals surface area contributed by atoms with Crippen LogP contribution < -0.4 is 5.32 Å². The number of hydrogen-bond acceptors (Lipinski definition) is 4. The molecule has 4 rings (SSSR count). The Balaban J connectivity index is 1.65. The van der Waals surface area contributed by atoms with Gasteiger partial charge < -0.3 is 5.32 Å². The van der Waals surface area contributed by atoms with E-state index in [-0.39, 0.29) is 11.7 Å². The van der Waals surface area contributed by atoms with Crippen molar-refractivity contribution in [3.8, 4) is 0 Å². The van der Waals surface area contributed by atoms with E-state index in [1.807, 2.05) is 4.40 Å². The summed E-state index contributed by atoms with van der Waals surface area (Å²) in [7, 11) is -3.15. The fourth-order valence-electron chi connectivity index (χ4n) is 4.19. The molecule has 1 saturated carbocycles. The summed E-state index contributed by atoms with van der Waals surface area (Å²) in [5.41, 5.74) is 1.67. The summed E-state index contributed by atoms with van der Waals surface area (Å²) in [6.45, 7) is 1.02. The van der Waals surface area contributed by atoms with Gasteiger partial charge in [0.05, 0.1) is 11.9 Å². The predicted octanol–water partition coefficient (Wildman–Crippen LogP) is 2.97. The van der Waals surface area contributed by atoms with Crippen molar-refractivity contribution in [3.63, 3.8) is 0 Å². The summed E-state index contributed by atoms with van der Waals surface area (Å²) >= 11 is 0. The van der Waals surface area contributed by atoms with Gasteiger partial charge in [-0.2, -0.15) is 0 Å². The highest BCUT2D eigenvalue weighted by Crippen LogP contribution is 2.35. The van der Waals surface area contributed by atoms with Crippen LogP contribution >= 0.6 is 0 Å². The van der Waals surface area contributed by atoms with Gasteiger partial charge in [0, 0.05) is 31.2 Å². The van der Waals surface area contributed by atoms with E-state index in [0.29, 0.717) is 19.1 Å². The summed E-state index contributed by atoms with van der Waals surface area (Å²) < 4.78 is 40.7. The summed E-state index contributed by atoms with van der Waals surface area (Å²) in [4.78, 5) is 4.77. The maximum absolute atomic E-state index is 13.8. The summed E-state index contributed by atoms with van der Waals surface area (Å²) in [5, 5.41) is 3.60. The van der Waals surface area contributed by atoms with Gasteiger partial charge in [0.25, 0.3) is 0 Å². The first-order chi connectivity index (χ1) is 12.4. The van der Waals surface area contributed by atoms with Crippen LogP contribution in [0.25, 0.3) is 5.65 Å². The first kappa shape index (κ1) is 17.7. The Morgan fingerprint density at radius 1 is 1.15 bits per heavy atom. The molecule has 6 nitrogen and oxygen atoms in total. The second-order valence-corrected chi connectivity index (χ2v) is 9.47. The van der Waals surface area contributed by atoms with Crippen molar-refractivity contribution in [3.05, 3.63) is 29.8 Å². The van der Waals surface area contributed by atoms with Crippen LogP contribution in [0.1, 0.15) is 50.1 Å². The third-order valence-electron chi connectivity index (χ3n) is 5.62. The average molecular weight is 380 g/mol. The Morgan fingerprint density at radius 2 is 1.85 bits per heavy atom. The lowest BCUT2D eigenvalue weighted by molar-refractivity contribution is 0.319. The molecule has 1 aliphatic carbocycles. The molecule has 1 N–H and O–H groups in total. The van der Waals surface area contributed by atoms with Crippen LogP contribution in [0.15, 0.2) is 18.3 Å². The van der Waals surface area contributed by atoms with Crippen molar-refractivity contribution in [2.45, 2.75) is 50.5 Å². The van der Waals surface area contributed by atoms with Gasteiger partial charge in [-0.25, -0.2) is 22.1 Å². The largest absolute Gasteiger partial charge is 0.367 e. The topological polar surface area (TPSA) is 66.7 Å². The minimum Gasteiger partial charge on any atom is -0.367 e. The number of fused-ring (bicyclic) bond motifs is 1. The third kappa shape index (κ3) is 3.44. The minimum atomic E-state index is -3.15. The van der Waals surface area contributed by atoms with Gasteiger partial charge in [0.1, 0.15) is 17.3 Å². The van der Waals surface area contributed by atoms with Gasteiger partial charge in [0.15, 0.2) is 0 Å². The van der Waals surface area contributed by atoms with Crippen molar-refractivity contribution in [1.29, 1.82) is 0 Å². The third-order valence-corrected chi connectivity index (χ3v) is 6.92. The number of hydrogen-bond donors (Lipinski definition) is 1. The van der Waals surface area contributed by atoms with Crippen LogP contribution in [0.3, 0.4) is 0 Å². The molecule has 142 valence electrons. The van der Waals surface area contributed by atoms with Gasteiger partial charge in [-0.3, -0.25) is 4.40 Å². The monoisotopic (exact) mass is 380 g/mol. The number of pyridine rings is 1. The zero-order valence-electron chi connectivity index (χ0n) is 15.0. The molecule has 0 aromatic carbocycles. The molecule has 1 saturated heterocycles. The van der Waals surface area contributed by atoms with E-state index in [4.69, 9.17) is 4.98 Å². The van der Waals surface area contributed by atoms with Gasteiger partial charge in [-0.15, -0.1) is 0 Å². The quantitative estimate of drug-likeness (QED) is 0.886. The molecule has 2 aromatic rings. The van der Waals surface area contributed by atoms with Crippen LogP contribution in [0.2, 0.25) is 0 Å². The van der Waals surface area contributed by atoms with Crippen LogP contribution in [0, 0.1) is 5.82 Å². The van der Waals surface area contributed by atoms with E-state index in [2.05, 4.69) is 5.32 Å². The van der Waals surface area contributed by atoms with E-state index < -0.39 is 10.0 Å². The fraction of sp³-hybridized carbons (Fsp3) is 0.611. The molecule has 0 atom stereocenters. The Labute approximate surface area is 153 Å². The van der Waals surface area contributed by atoms with Crippen molar-refractivity contribution in [1.82, 2.24) is 13.7 Å². The summed E-state index contributed by atoms with van der Waals surface area (Å²) in [6.07, 6.45) is 8.87. The molecule has 0 bridgehead atoms. The van der Waals surface area contributed by atoms with Crippen molar-refractivity contribution in [2.24, 2.45) is 0 Å². The first-order valence-electron chi connectivity index (χ1n) is 9.31. The highest BCUT2D eigenvalue weighted by Gasteiger charge is 2.30. The highest BCUT2D eigenvalue weighted by molar-refractivity contribution is 7.88. The highest BCUT2D eigenvalue weighted by atomic mass is 32.2. The van der Waals surface area contributed by atoms with E-state index >= 15 is 0 Å². The van der Waals surface area contributed by atoms with Crippen LogP contribution in [-0.4, -0.2) is 47.5 Å². The first-order valence-corrected chi connectivity index (χ1v) is 11.2. The Morgan fingerprint density at radius 3 is 2.50 bits per heavy atom. The van der Waals surface area contributed by atoms with Crippen LogP contribution in [-0.2, 0) is 10.0 Å². The molecular formula is C18H25FN4O2S. The van der Waals surface area contributed by atoms with Crippen molar-refractivity contribution in [2.75, 3.05) is 24.7 Å². The zero-order chi connectivity index (χ0) is 18.3. The standard InChI is InChI=1S/C18H25FN4O2S/c1-26(24,25)22-10-8-13(9-11-22)17-18(20-15-4-2-3-5-15)23-12-14(19)6-7-16(23)21-17/h6-7,12-13,15,20H,2-5,8-11H2,1H3. The Bertz CT molecular complexity index is 897. The number of rotatable bonds is 4. The molecule has 2 aliphatic rings. The molecule has 1 aliphatic heterocycles. The number of piperidine rings is 1. The molecule has 3 heterocycles. The number of anilines is 1. The van der Waals surface area contributed by atoms with E-state index in [1.165, 1.54) is 35.7 Å². The minimum absolute atomic E-state index is 0.180. The molecule has 8 heteroatoms. The second kappa shape index (κ2) is 6.81. The molecule has 26 heavy (non-hydrogen) atoms. The molecule has 0 amide bonds. The summed E-state index contributed by atoms with van der Waals surface area (Å²) in [6, 6.07) is 3.52. The Hall–Kier alpha value is -1.67. The molecule has 0 radical (unpaired) electrons. The SMILES string of the molecule is CS(=O)(=O)N1CCC(c2nc3ccc(F)cn3c2NC2CCCC2)CC1. The van der Waals surface area contributed by atoms with E-state index in [0.717, 1.165) is 42.8 Å². The fourth-order valence-corrected chi connectivity index (χ4v) is 5.06. The number of imidazole rings is 1. The number of nitrogens with zero attached hydrogens (tertiary/aromatic N) is 3. The number of aromatic nitrogens is 2. The number of nitrogens with one attached hydrogen (secondary N) is 1. The maximum Gasteiger partial charge on any atom is 0.211 e. The molecular weight excluding hydrogens is 355 g/mol. The van der Waals surface area contributed by atoms with Gasteiger partial charge in [0.2, 0.25) is 10.0 Å². The van der Waals surface area contributed by atoms with Gasteiger partial charge in [-0.1, -0.05) is 12.8 Å². The lowest BCUT2D eigenvalue weighted by Gasteiger charge is -2.30. The van der Waals surface area contributed by atoms with Crippen LogP contribution in [0.4, 0.5) is 10.2 Å². The zero-order valence-corrected chi connectivity index (χ0v) is 15.8. The van der Waals surface area contributed by atoms with Gasteiger partial charge >= 0.3 is 0 Å². The molecule has 0 spiro atoms. The molecule has 0 unspecified atom stereocenters. The number of sulfonamides is 1. The maximum atomic E-state index is 13.8. The molecule has 2 fully saturated rings. The van der Waals surface area contributed by atoms with Crippen molar-refractivity contribution >= 4 is 21.5 Å². The lowest BCUT2D eigenvalue weighted by atomic mass is 9.94. The Kier molecular flexibility index (Phi) is 4.64. The molecule has 2 aromatic heterocycles. The van der Waals surface area contributed by atoms with Crippen molar-refractivity contribution < 1.29 is 12.8 Å². The normalized spacial score (nSPS) is 20.8.